The number of carboxylic acids is 1. The van der Waals surface area contributed by atoms with E-state index < -0.39 is 17.9 Å². The van der Waals surface area contributed by atoms with Gasteiger partial charge in [-0.1, -0.05) is 25.1 Å². The maximum Gasteiger partial charge on any atom is 0.338 e. The van der Waals surface area contributed by atoms with Crippen molar-refractivity contribution in [1.29, 1.82) is 0 Å². The Labute approximate surface area is 159 Å². The van der Waals surface area contributed by atoms with Crippen molar-refractivity contribution in [2.24, 2.45) is 5.92 Å². The van der Waals surface area contributed by atoms with E-state index in [4.69, 9.17) is 23.7 Å². The lowest BCUT2D eigenvalue weighted by Gasteiger charge is -2.45. The van der Waals surface area contributed by atoms with Crippen molar-refractivity contribution >= 4 is 5.97 Å². The molecule has 0 amide bonds. The molecule has 2 rings (SSSR count). The van der Waals surface area contributed by atoms with Gasteiger partial charge in [0.15, 0.2) is 11.5 Å². The van der Waals surface area contributed by atoms with Gasteiger partial charge in [0.2, 0.25) is 11.9 Å². The van der Waals surface area contributed by atoms with Crippen LogP contribution in [0.25, 0.3) is 0 Å². The number of aliphatic carboxylic acids is 1. The molecule has 1 N–H and O–H groups in total. The zero-order valence-corrected chi connectivity index (χ0v) is 16.5. The van der Waals surface area contributed by atoms with Gasteiger partial charge in [-0.2, -0.15) is 0 Å². The summed E-state index contributed by atoms with van der Waals surface area (Å²) < 4.78 is 27.7. The predicted octanol–water partition coefficient (Wildman–Crippen LogP) is 3.02. The Kier molecular flexibility index (Phi) is 6.86. The minimum absolute atomic E-state index is 0.0439. The van der Waals surface area contributed by atoms with E-state index in [1.165, 1.54) is 14.2 Å². The van der Waals surface area contributed by atoms with Crippen LogP contribution >= 0.6 is 0 Å². The largest absolute Gasteiger partial charge is 0.493 e. The molecule has 0 saturated carbocycles. The van der Waals surface area contributed by atoms with Gasteiger partial charge < -0.3 is 28.8 Å². The molecule has 7 nitrogen and oxygen atoms in total. The van der Waals surface area contributed by atoms with Gasteiger partial charge in [-0.15, -0.1) is 0 Å². The summed E-state index contributed by atoms with van der Waals surface area (Å²) in [5, 5.41) is 9.76. The van der Waals surface area contributed by atoms with Crippen LogP contribution in [0, 0.1) is 5.92 Å². The van der Waals surface area contributed by atoms with Crippen molar-refractivity contribution in [3.8, 4) is 11.5 Å². The third-order valence-electron chi connectivity index (χ3n) is 5.04. The first-order valence-electron chi connectivity index (χ1n) is 8.74. The summed E-state index contributed by atoms with van der Waals surface area (Å²) in [6.45, 7) is 7.96. The summed E-state index contributed by atoms with van der Waals surface area (Å²) in [7, 11) is 4.50. The number of methoxy groups -OCH3 is 3. The van der Waals surface area contributed by atoms with Crippen molar-refractivity contribution in [2.45, 2.75) is 44.9 Å². The maximum absolute atomic E-state index is 11.9. The maximum atomic E-state index is 11.9. The fourth-order valence-electron chi connectivity index (χ4n) is 3.19. The van der Waals surface area contributed by atoms with Crippen LogP contribution in [-0.2, 0) is 25.6 Å². The van der Waals surface area contributed by atoms with Crippen LogP contribution in [0.1, 0.15) is 25.8 Å². The van der Waals surface area contributed by atoms with E-state index in [1.807, 2.05) is 13.8 Å². The minimum Gasteiger partial charge on any atom is -0.493 e. The van der Waals surface area contributed by atoms with Crippen LogP contribution in [0.15, 0.2) is 30.4 Å². The van der Waals surface area contributed by atoms with Gasteiger partial charge in [0.05, 0.1) is 26.9 Å². The van der Waals surface area contributed by atoms with Gasteiger partial charge in [0, 0.05) is 19.4 Å². The molecule has 1 fully saturated rings. The highest BCUT2D eigenvalue weighted by Crippen LogP contribution is 2.39. The molecular weight excluding hydrogens is 352 g/mol. The molecule has 0 bridgehead atoms. The molecule has 1 heterocycles. The highest BCUT2D eigenvalue weighted by Gasteiger charge is 2.51. The Morgan fingerprint density at radius 2 is 1.96 bits per heavy atom. The van der Waals surface area contributed by atoms with Gasteiger partial charge in [0.1, 0.15) is 0 Å². The van der Waals surface area contributed by atoms with Gasteiger partial charge in [-0.25, -0.2) is 4.79 Å². The molecule has 4 atom stereocenters. The minimum atomic E-state index is -1.43. The Bertz CT molecular complexity index is 687. The Morgan fingerprint density at radius 1 is 1.30 bits per heavy atom. The SMILES string of the molecule is C=C1C[C@](OC)([C@H](OCc2ccc(OC)c(OC)c2)C(=O)O)O[C@H](C)[C@@H]1C. The van der Waals surface area contributed by atoms with Gasteiger partial charge in [0.25, 0.3) is 0 Å². The number of carboxylic acid groups (broad SMARTS) is 1. The number of carbonyl (C=O) groups is 1. The third-order valence-corrected chi connectivity index (χ3v) is 5.04. The number of ether oxygens (including phenoxy) is 5. The van der Waals surface area contributed by atoms with Crippen LogP contribution in [-0.4, -0.2) is 50.4 Å². The van der Waals surface area contributed by atoms with Crippen LogP contribution in [0.5, 0.6) is 11.5 Å². The first-order chi connectivity index (χ1) is 12.8. The van der Waals surface area contributed by atoms with E-state index in [2.05, 4.69) is 6.58 Å². The molecule has 1 aliphatic heterocycles. The lowest BCUT2D eigenvalue weighted by atomic mass is 9.85. The fourth-order valence-corrected chi connectivity index (χ4v) is 3.19. The lowest BCUT2D eigenvalue weighted by molar-refractivity contribution is -0.309. The molecule has 0 radical (unpaired) electrons. The average molecular weight is 380 g/mol. The van der Waals surface area contributed by atoms with Crippen molar-refractivity contribution in [2.75, 3.05) is 21.3 Å². The highest BCUT2D eigenvalue weighted by molar-refractivity contribution is 5.74. The number of hydrogen-bond acceptors (Lipinski definition) is 6. The van der Waals surface area contributed by atoms with E-state index in [0.29, 0.717) is 11.5 Å². The molecule has 27 heavy (non-hydrogen) atoms. The lowest BCUT2D eigenvalue weighted by Crippen LogP contribution is -2.57. The van der Waals surface area contributed by atoms with Crippen molar-refractivity contribution in [3.63, 3.8) is 0 Å². The van der Waals surface area contributed by atoms with E-state index in [9.17, 15) is 9.90 Å². The number of rotatable bonds is 8. The fraction of sp³-hybridized carbons (Fsp3) is 0.550. The third kappa shape index (κ3) is 4.43. The number of hydrogen-bond donors (Lipinski definition) is 1. The van der Waals surface area contributed by atoms with E-state index in [0.717, 1.165) is 11.1 Å². The molecule has 150 valence electrons. The van der Waals surface area contributed by atoms with E-state index >= 15 is 0 Å². The monoisotopic (exact) mass is 380 g/mol. The molecule has 0 aromatic heterocycles. The molecule has 0 aliphatic carbocycles. The summed E-state index contributed by atoms with van der Waals surface area (Å²) in [4.78, 5) is 11.9. The predicted molar refractivity (Wildman–Crippen MR) is 99.0 cm³/mol. The summed E-state index contributed by atoms with van der Waals surface area (Å²) in [6.07, 6.45) is -1.31. The normalized spacial score (nSPS) is 26.5. The molecule has 1 saturated heterocycles. The standard InChI is InChI=1S/C20H28O7/c1-12-10-20(25-6,27-14(3)13(12)2)18(19(21)22)26-11-15-7-8-16(23-4)17(9-15)24-5/h7-9,13-14,18H,1,10-11H2,2-6H3,(H,21,22)/t13-,14-,18-,20-/m1/s1. The Balaban J connectivity index is 2.22. The number of benzene rings is 1. The van der Waals surface area contributed by atoms with Crippen molar-refractivity contribution in [3.05, 3.63) is 35.9 Å². The van der Waals surface area contributed by atoms with Crippen molar-refractivity contribution in [1.82, 2.24) is 0 Å². The van der Waals surface area contributed by atoms with Crippen LogP contribution < -0.4 is 9.47 Å². The van der Waals surface area contributed by atoms with Gasteiger partial charge >= 0.3 is 5.97 Å². The average Bonchev–Trinajstić information content (AvgIpc) is 2.65. The second-order valence-electron chi connectivity index (χ2n) is 6.68. The van der Waals surface area contributed by atoms with Crippen LogP contribution in [0.4, 0.5) is 0 Å². The first kappa shape index (κ1) is 21.2. The molecule has 1 aromatic rings. The molecule has 1 aliphatic rings. The second-order valence-corrected chi connectivity index (χ2v) is 6.68. The smallest absolute Gasteiger partial charge is 0.338 e. The summed E-state index contributed by atoms with van der Waals surface area (Å²) >= 11 is 0. The summed E-state index contributed by atoms with van der Waals surface area (Å²) in [6, 6.07) is 5.26. The van der Waals surface area contributed by atoms with Crippen LogP contribution in [0.2, 0.25) is 0 Å². The molecule has 7 heteroatoms. The Hall–Kier alpha value is -2.09. The van der Waals surface area contributed by atoms with E-state index in [1.54, 1.807) is 25.3 Å². The zero-order chi connectivity index (χ0) is 20.2. The second kappa shape index (κ2) is 8.73. The van der Waals surface area contributed by atoms with Crippen LogP contribution in [0.3, 0.4) is 0 Å². The highest BCUT2D eigenvalue weighted by atomic mass is 16.7. The topological polar surface area (TPSA) is 83.5 Å². The van der Waals surface area contributed by atoms with Gasteiger partial charge in [-0.05, 0) is 24.6 Å². The van der Waals surface area contributed by atoms with E-state index in [-0.39, 0.29) is 25.0 Å². The summed E-state index contributed by atoms with van der Waals surface area (Å²) in [5.74, 6) is -1.36. The molecular formula is C20H28O7. The van der Waals surface area contributed by atoms with Crippen molar-refractivity contribution < 1.29 is 33.6 Å². The molecule has 0 spiro atoms. The zero-order valence-electron chi connectivity index (χ0n) is 16.5. The quantitative estimate of drug-likeness (QED) is 0.694. The van der Waals surface area contributed by atoms with Gasteiger partial charge in [-0.3, -0.25) is 0 Å². The first-order valence-corrected chi connectivity index (χ1v) is 8.74. The molecule has 0 unspecified atom stereocenters. The molecule has 1 aromatic carbocycles. The Morgan fingerprint density at radius 3 is 2.48 bits per heavy atom. The summed E-state index contributed by atoms with van der Waals surface area (Å²) in [5.41, 5.74) is 1.61.